The molecule has 1 fully saturated rings. The maximum Gasteiger partial charge on any atom is 0.342 e. The fraction of sp³-hybridized carbons (Fsp3) is 0.500. The van der Waals surface area contributed by atoms with E-state index >= 15 is 0 Å². The average molecular weight is 250 g/mol. The Labute approximate surface area is 106 Å². The van der Waals surface area contributed by atoms with Crippen LogP contribution in [0, 0.1) is 6.92 Å². The van der Waals surface area contributed by atoms with Crippen molar-refractivity contribution in [2.75, 3.05) is 7.11 Å². The van der Waals surface area contributed by atoms with E-state index in [-0.39, 0.29) is 17.3 Å². The van der Waals surface area contributed by atoms with E-state index in [0.29, 0.717) is 17.1 Å². The number of hydrogen-bond donors (Lipinski definition) is 0. The molecule has 4 nitrogen and oxygen atoms in total. The van der Waals surface area contributed by atoms with Crippen LogP contribution < -0.4 is 10.4 Å². The summed E-state index contributed by atoms with van der Waals surface area (Å²) >= 11 is 0. The monoisotopic (exact) mass is 250 g/mol. The topological polar surface area (TPSA) is 52.0 Å². The molecule has 1 aromatic heterocycles. The molecule has 1 saturated heterocycles. The van der Waals surface area contributed by atoms with Gasteiger partial charge < -0.3 is 13.9 Å². The molecule has 0 spiro atoms. The molecule has 0 radical (unpaired) electrons. The third-order valence-corrected chi connectivity index (χ3v) is 3.43. The average Bonchev–Trinajstić information content (AvgIpc) is 2.89. The molecule has 0 aromatic carbocycles. The molecule has 4 heteroatoms. The van der Waals surface area contributed by atoms with E-state index in [1.807, 2.05) is 26.8 Å². The minimum Gasteiger partial charge on any atom is -0.496 e. The number of hydrogen-bond acceptors (Lipinski definition) is 4. The molecule has 0 saturated carbocycles. The van der Waals surface area contributed by atoms with Gasteiger partial charge in [-0.15, -0.1) is 0 Å². The summed E-state index contributed by atoms with van der Waals surface area (Å²) in [6, 6.07) is 1.74. The van der Waals surface area contributed by atoms with Crippen molar-refractivity contribution in [1.29, 1.82) is 0 Å². The minimum atomic E-state index is -0.369. The van der Waals surface area contributed by atoms with Crippen molar-refractivity contribution in [1.82, 2.24) is 0 Å². The van der Waals surface area contributed by atoms with E-state index in [0.717, 1.165) is 5.57 Å². The Kier molecular flexibility index (Phi) is 3.07. The molecule has 2 heterocycles. The zero-order chi connectivity index (χ0) is 13.5. The second-order valence-electron chi connectivity index (χ2n) is 4.86. The van der Waals surface area contributed by atoms with Gasteiger partial charge in [-0.25, -0.2) is 4.79 Å². The van der Waals surface area contributed by atoms with Crippen molar-refractivity contribution in [2.45, 2.75) is 39.4 Å². The van der Waals surface area contributed by atoms with Crippen molar-refractivity contribution in [3.05, 3.63) is 33.9 Å². The van der Waals surface area contributed by atoms with Gasteiger partial charge in [-0.1, -0.05) is 0 Å². The molecule has 2 rings (SSSR count). The number of methoxy groups -OCH3 is 1. The summed E-state index contributed by atoms with van der Waals surface area (Å²) in [6.07, 6.45) is 2.18. The van der Waals surface area contributed by atoms with Gasteiger partial charge in [0.25, 0.3) is 0 Å². The van der Waals surface area contributed by atoms with Crippen LogP contribution >= 0.6 is 0 Å². The van der Waals surface area contributed by atoms with Crippen LogP contribution in [0.4, 0.5) is 0 Å². The van der Waals surface area contributed by atoms with Gasteiger partial charge in [0.1, 0.15) is 17.1 Å². The van der Waals surface area contributed by atoms with E-state index in [2.05, 4.69) is 0 Å². The second kappa shape index (κ2) is 4.28. The van der Waals surface area contributed by atoms with Gasteiger partial charge in [-0.2, -0.15) is 0 Å². The predicted molar refractivity (Wildman–Crippen MR) is 68.9 cm³/mol. The molecule has 0 amide bonds. The lowest BCUT2D eigenvalue weighted by Gasteiger charge is -2.07. The van der Waals surface area contributed by atoms with Crippen LogP contribution in [0.15, 0.2) is 21.4 Å². The lowest BCUT2D eigenvalue weighted by atomic mass is 10.0. The molecule has 1 aliphatic heterocycles. The molecule has 0 aliphatic carbocycles. The predicted octanol–water partition coefficient (Wildman–Crippen LogP) is 2.54. The third kappa shape index (κ3) is 2.20. The molecule has 1 aromatic rings. The highest BCUT2D eigenvalue weighted by Crippen LogP contribution is 2.39. The standard InChI is InChI=1S/C14H18O4/c1-8(7-14(4)10(3)18-14)11-6-12(16-5)9(2)13(15)17-11/h6-7,10H,1-5H3. The first-order chi connectivity index (χ1) is 8.37. The fourth-order valence-electron chi connectivity index (χ4n) is 1.94. The molecule has 1 aliphatic rings. The van der Waals surface area contributed by atoms with Crippen molar-refractivity contribution in [2.24, 2.45) is 0 Å². The zero-order valence-electron chi connectivity index (χ0n) is 11.4. The summed E-state index contributed by atoms with van der Waals surface area (Å²) in [6.45, 7) is 7.59. The zero-order valence-corrected chi connectivity index (χ0v) is 11.4. The Morgan fingerprint density at radius 2 is 2.17 bits per heavy atom. The molecular formula is C14H18O4. The summed E-state index contributed by atoms with van der Waals surface area (Å²) in [5.74, 6) is 1.07. The van der Waals surface area contributed by atoms with Crippen LogP contribution in [0.5, 0.6) is 5.75 Å². The van der Waals surface area contributed by atoms with E-state index < -0.39 is 0 Å². The molecule has 2 atom stereocenters. The maximum atomic E-state index is 11.7. The van der Waals surface area contributed by atoms with Gasteiger partial charge in [0.15, 0.2) is 0 Å². The number of allylic oxidation sites excluding steroid dienone is 1. The summed E-state index contributed by atoms with van der Waals surface area (Å²) in [5, 5.41) is 0. The van der Waals surface area contributed by atoms with Gasteiger partial charge in [-0.05, 0) is 39.3 Å². The summed E-state index contributed by atoms with van der Waals surface area (Å²) in [5.41, 5.74) is 0.737. The van der Waals surface area contributed by atoms with Crippen LogP contribution in [0.3, 0.4) is 0 Å². The first-order valence-corrected chi connectivity index (χ1v) is 5.94. The highest BCUT2D eigenvalue weighted by Gasteiger charge is 2.46. The summed E-state index contributed by atoms with van der Waals surface area (Å²) < 4.78 is 15.9. The fourth-order valence-corrected chi connectivity index (χ4v) is 1.94. The quantitative estimate of drug-likeness (QED) is 0.773. The van der Waals surface area contributed by atoms with Crippen molar-refractivity contribution >= 4 is 5.57 Å². The van der Waals surface area contributed by atoms with Crippen molar-refractivity contribution in [3.8, 4) is 5.75 Å². The largest absolute Gasteiger partial charge is 0.496 e. The molecule has 2 unspecified atom stereocenters. The molecule has 18 heavy (non-hydrogen) atoms. The van der Waals surface area contributed by atoms with Gasteiger partial charge in [-0.3, -0.25) is 0 Å². The van der Waals surface area contributed by atoms with Gasteiger partial charge in [0, 0.05) is 6.07 Å². The lowest BCUT2D eigenvalue weighted by Crippen LogP contribution is -2.08. The third-order valence-electron chi connectivity index (χ3n) is 3.43. The summed E-state index contributed by atoms with van der Waals surface area (Å²) in [7, 11) is 1.54. The van der Waals surface area contributed by atoms with Gasteiger partial charge >= 0.3 is 5.63 Å². The minimum absolute atomic E-state index is 0.200. The van der Waals surface area contributed by atoms with E-state index in [1.165, 1.54) is 7.11 Å². The van der Waals surface area contributed by atoms with Crippen molar-refractivity contribution in [3.63, 3.8) is 0 Å². The van der Waals surface area contributed by atoms with Crippen LogP contribution in [0.1, 0.15) is 32.1 Å². The van der Waals surface area contributed by atoms with E-state index in [1.54, 1.807) is 13.0 Å². The molecular weight excluding hydrogens is 232 g/mol. The Hall–Kier alpha value is -1.55. The smallest absolute Gasteiger partial charge is 0.342 e. The highest BCUT2D eigenvalue weighted by atomic mass is 16.6. The molecule has 0 bridgehead atoms. The number of rotatable bonds is 3. The van der Waals surface area contributed by atoms with Gasteiger partial charge in [0.2, 0.25) is 0 Å². The Bertz CT molecular complexity index is 555. The van der Waals surface area contributed by atoms with Crippen molar-refractivity contribution < 1.29 is 13.9 Å². The number of epoxide rings is 1. The molecule has 0 N–H and O–H groups in total. The Morgan fingerprint density at radius 3 is 2.67 bits per heavy atom. The summed E-state index contributed by atoms with van der Waals surface area (Å²) in [4.78, 5) is 11.7. The highest BCUT2D eigenvalue weighted by molar-refractivity contribution is 5.62. The Balaban J connectivity index is 2.40. The lowest BCUT2D eigenvalue weighted by molar-refractivity contribution is 0.349. The van der Waals surface area contributed by atoms with E-state index in [9.17, 15) is 4.79 Å². The van der Waals surface area contributed by atoms with Crippen LogP contribution in [0.25, 0.3) is 5.57 Å². The van der Waals surface area contributed by atoms with Gasteiger partial charge in [0.05, 0.1) is 18.8 Å². The first kappa shape index (κ1) is 12.9. The Morgan fingerprint density at radius 1 is 1.56 bits per heavy atom. The second-order valence-corrected chi connectivity index (χ2v) is 4.86. The van der Waals surface area contributed by atoms with E-state index in [4.69, 9.17) is 13.9 Å². The number of ether oxygens (including phenoxy) is 2. The van der Waals surface area contributed by atoms with Crippen LogP contribution in [-0.2, 0) is 4.74 Å². The van der Waals surface area contributed by atoms with Crippen LogP contribution in [-0.4, -0.2) is 18.8 Å². The maximum absolute atomic E-state index is 11.7. The first-order valence-electron chi connectivity index (χ1n) is 5.94. The SMILES string of the molecule is COc1cc(C(C)=CC2(C)OC2C)oc(=O)c1C. The normalized spacial score (nSPS) is 27.2. The molecule has 98 valence electrons. The van der Waals surface area contributed by atoms with Crippen LogP contribution in [0.2, 0.25) is 0 Å².